The van der Waals surface area contributed by atoms with E-state index in [9.17, 15) is 9.90 Å². The standard InChI is InChI=1S/C22H21NO3S/c1-23-19-14-20(24)18(12-10-15-6-3-2-4-7-15)17(19)9-5-8-16-11-13-21(27-16)22(25)26/h2-4,6-7,11,13,17-20,24H,5,8-9,14H2,(H,25,26)/t17-,18-,19-,20-/m1/s1. The number of carboxylic acids is 1. The minimum atomic E-state index is -0.894. The van der Waals surface area contributed by atoms with E-state index in [2.05, 4.69) is 16.7 Å². The van der Waals surface area contributed by atoms with Gasteiger partial charge in [-0.15, -0.1) is 11.3 Å². The zero-order chi connectivity index (χ0) is 19.2. The number of aryl methyl sites for hydroxylation is 1. The Morgan fingerprint density at radius 3 is 2.70 bits per heavy atom. The molecule has 0 unspecified atom stereocenters. The van der Waals surface area contributed by atoms with Crippen molar-refractivity contribution in [2.45, 2.75) is 37.8 Å². The highest BCUT2D eigenvalue weighted by atomic mass is 32.1. The number of nitrogens with zero attached hydrogens (tertiary/aromatic N) is 1. The molecule has 1 aromatic carbocycles. The van der Waals surface area contributed by atoms with Crippen LogP contribution >= 0.6 is 11.3 Å². The summed E-state index contributed by atoms with van der Waals surface area (Å²) in [5.74, 6) is 5.31. The van der Waals surface area contributed by atoms with E-state index in [4.69, 9.17) is 11.7 Å². The number of hydrogen-bond acceptors (Lipinski definition) is 3. The van der Waals surface area contributed by atoms with Crippen LogP contribution in [0.1, 0.15) is 39.4 Å². The number of thiophene rings is 1. The SMILES string of the molecule is [C-]#[N+][C@@H]1C[C@@H](O)[C@H](C#Cc2ccccc2)[C@H]1CCCc1ccc(C(=O)O)s1. The van der Waals surface area contributed by atoms with Crippen LogP contribution in [0.3, 0.4) is 0 Å². The molecular weight excluding hydrogens is 358 g/mol. The van der Waals surface area contributed by atoms with Gasteiger partial charge in [0.2, 0.25) is 6.04 Å². The fraction of sp³-hybridized carbons (Fsp3) is 0.364. The van der Waals surface area contributed by atoms with Crippen molar-refractivity contribution in [3.63, 3.8) is 0 Å². The first-order valence-electron chi connectivity index (χ1n) is 9.01. The third-order valence-electron chi connectivity index (χ3n) is 5.01. The normalized spacial score (nSPS) is 24.0. The van der Waals surface area contributed by atoms with Crippen molar-refractivity contribution >= 4 is 17.3 Å². The molecule has 5 heteroatoms. The summed E-state index contributed by atoms with van der Waals surface area (Å²) in [6.07, 6.45) is 2.36. The lowest BCUT2D eigenvalue weighted by molar-refractivity contribution is 0.0702. The number of aliphatic hydroxyl groups is 1. The van der Waals surface area contributed by atoms with E-state index < -0.39 is 12.1 Å². The monoisotopic (exact) mass is 379 g/mol. The van der Waals surface area contributed by atoms with Crippen LogP contribution < -0.4 is 0 Å². The van der Waals surface area contributed by atoms with Gasteiger partial charge in [-0.1, -0.05) is 30.0 Å². The largest absolute Gasteiger partial charge is 0.477 e. The van der Waals surface area contributed by atoms with Crippen LogP contribution in [0, 0.1) is 30.2 Å². The van der Waals surface area contributed by atoms with Crippen molar-refractivity contribution in [1.82, 2.24) is 0 Å². The molecule has 0 saturated heterocycles. The molecule has 1 aliphatic rings. The molecule has 1 fully saturated rings. The van der Waals surface area contributed by atoms with Gasteiger partial charge in [-0.05, 0) is 43.5 Å². The molecule has 1 saturated carbocycles. The maximum Gasteiger partial charge on any atom is 0.345 e. The summed E-state index contributed by atoms with van der Waals surface area (Å²) < 4.78 is 0. The van der Waals surface area contributed by atoms with Gasteiger partial charge in [-0.3, -0.25) is 0 Å². The predicted molar refractivity (Wildman–Crippen MR) is 106 cm³/mol. The van der Waals surface area contributed by atoms with E-state index in [1.807, 2.05) is 36.4 Å². The molecule has 4 nitrogen and oxygen atoms in total. The second-order valence-electron chi connectivity index (χ2n) is 6.79. The van der Waals surface area contributed by atoms with Crippen LogP contribution in [-0.2, 0) is 6.42 Å². The van der Waals surface area contributed by atoms with E-state index in [0.717, 1.165) is 29.7 Å². The van der Waals surface area contributed by atoms with Gasteiger partial charge in [0, 0.05) is 10.4 Å². The molecule has 4 atom stereocenters. The van der Waals surface area contributed by atoms with Crippen LogP contribution in [0.4, 0.5) is 0 Å². The molecule has 0 spiro atoms. The van der Waals surface area contributed by atoms with Gasteiger partial charge in [-0.2, -0.15) is 0 Å². The van der Waals surface area contributed by atoms with Crippen LogP contribution in [0.5, 0.6) is 0 Å². The summed E-state index contributed by atoms with van der Waals surface area (Å²) in [6, 6.07) is 13.0. The minimum Gasteiger partial charge on any atom is -0.477 e. The molecule has 0 radical (unpaired) electrons. The lowest BCUT2D eigenvalue weighted by Crippen LogP contribution is -2.20. The number of hydrogen-bond donors (Lipinski definition) is 2. The van der Waals surface area contributed by atoms with Crippen LogP contribution in [0.2, 0.25) is 0 Å². The zero-order valence-corrected chi connectivity index (χ0v) is 15.7. The van der Waals surface area contributed by atoms with E-state index in [1.165, 1.54) is 11.3 Å². The highest BCUT2D eigenvalue weighted by Gasteiger charge is 2.45. The Kier molecular flexibility index (Phi) is 6.29. The third kappa shape index (κ3) is 4.77. The Balaban J connectivity index is 1.65. The number of rotatable bonds is 5. The highest BCUT2D eigenvalue weighted by molar-refractivity contribution is 7.13. The zero-order valence-electron chi connectivity index (χ0n) is 14.8. The molecule has 2 aromatic rings. The number of benzene rings is 1. The van der Waals surface area contributed by atoms with Gasteiger partial charge in [0.15, 0.2) is 0 Å². The molecule has 0 bridgehead atoms. The van der Waals surface area contributed by atoms with Crippen LogP contribution in [0.25, 0.3) is 4.85 Å². The fourth-order valence-corrected chi connectivity index (χ4v) is 4.53. The van der Waals surface area contributed by atoms with Crippen LogP contribution in [0.15, 0.2) is 42.5 Å². The van der Waals surface area contributed by atoms with Gasteiger partial charge < -0.3 is 15.1 Å². The first-order chi connectivity index (χ1) is 13.1. The van der Waals surface area contributed by atoms with Crippen molar-refractivity contribution < 1.29 is 15.0 Å². The first kappa shape index (κ1) is 19.2. The van der Waals surface area contributed by atoms with Crippen molar-refractivity contribution in [2.75, 3.05) is 0 Å². The lowest BCUT2D eigenvalue weighted by atomic mass is 9.88. The van der Waals surface area contributed by atoms with E-state index >= 15 is 0 Å². The number of carbonyl (C=O) groups is 1. The smallest absolute Gasteiger partial charge is 0.345 e. The summed E-state index contributed by atoms with van der Waals surface area (Å²) in [4.78, 5) is 16.1. The second kappa shape index (κ2) is 8.86. The third-order valence-corrected chi connectivity index (χ3v) is 6.14. The van der Waals surface area contributed by atoms with Gasteiger partial charge in [0.05, 0.1) is 24.4 Å². The Hall–Kier alpha value is -2.60. The van der Waals surface area contributed by atoms with Crippen molar-refractivity contribution in [3.8, 4) is 11.8 Å². The van der Waals surface area contributed by atoms with E-state index in [0.29, 0.717) is 11.3 Å². The average Bonchev–Trinajstić information content (AvgIpc) is 3.26. The quantitative estimate of drug-likeness (QED) is 0.607. The molecule has 1 heterocycles. The van der Waals surface area contributed by atoms with E-state index in [-0.39, 0.29) is 17.9 Å². The molecule has 0 aliphatic heterocycles. The predicted octanol–water partition coefficient (Wildman–Crippen LogP) is 4.11. The Morgan fingerprint density at radius 1 is 1.26 bits per heavy atom. The first-order valence-corrected chi connectivity index (χ1v) is 9.83. The topological polar surface area (TPSA) is 61.9 Å². The molecular formula is C22H21NO3S. The second-order valence-corrected chi connectivity index (χ2v) is 7.96. The molecule has 1 aromatic heterocycles. The van der Waals surface area contributed by atoms with Gasteiger partial charge in [0.1, 0.15) is 4.88 Å². The number of aromatic carboxylic acids is 1. The fourth-order valence-electron chi connectivity index (χ4n) is 3.64. The van der Waals surface area contributed by atoms with Crippen molar-refractivity contribution in [3.05, 3.63) is 69.2 Å². The van der Waals surface area contributed by atoms with Crippen molar-refractivity contribution in [2.24, 2.45) is 11.8 Å². The van der Waals surface area contributed by atoms with Crippen molar-refractivity contribution in [1.29, 1.82) is 0 Å². The molecule has 1 aliphatic carbocycles. The summed E-state index contributed by atoms with van der Waals surface area (Å²) >= 11 is 1.30. The molecule has 27 heavy (non-hydrogen) atoms. The summed E-state index contributed by atoms with van der Waals surface area (Å²) in [5, 5.41) is 19.4. The van der Waals surface area contributed by atoms with Gasteiger partial charge in [-0.25, -0.2) is 11.4 Å². The van der Waals surface area contributed by atoms with Gasteiger partial charge >= 0.3 is 5.97 Å². The Labute approximate surface area is 163 Å². The summed E-state index contributed by atoms with van der Waals surface area (Å²) in [6.45, 7) is 7.46. The molecule has 138 valence electrons. The Morgan fingerprint density at radius 2 is 2.04 bits per heavy atom. The summed E-state index contributed by atoms with van der Waals surface area (Å²) in [5.41, 5.74) is 0.912. The minimum absolute atomic E-state index is 0.0487. The lowest BCUT2D eigenvalue weighted by Gasteiger charge is -2.16. The summed E-state index contributed by atoms with van der Waals surface area (Å²) in [7, 11) is 0. The average molecular weight is 379 g/mol. The van der Waals surface area contributed by atoms with E-state index in [1.54, 1.807) is 6.07 Å². The number of carboxylic acid groups (broad SMARTS) is 1. The maximum atomic E-state index is 11.0. The molecule has 0 amide bonds. The van der Waals surface area contributed by atoms with Crippen LogP contribution in [-0.4, -0.2) is 28.3 Å². The Bertz CT molecular complexity index is 888. The van der Waals surface area contributed by atoms with Gasteiger partial charge in [0.25, 0.3) is 0 Å². The maximum absolute atomic E-state index is 11.0. The molecule has 2 N–H and O–H groups in total. The number of aliphatic hydroxyl groups excluding tert-OH is 1. The highest BCUT2D eigenvalue weighted by Crippen LogP contribution is 2.38. The molecule has 3 rings (SSSR count).